The number of aromatic nitrogens is 2. The van der Waals surface area contributed by atoms with Gasteiger partial charge in [0, 0.05) is 29.3 Å². The number of rotatable bonds is 5. The maximum absolute atomic E-state index is 4.26. The Bertz CT molecular complexity index is 543. The van der Waals surface area contributed by atoms with Gasteiger partial charge in [0.2, 0.25) is 0 Å². The number of imidazole rings is 1. The van der Waals surface area contributed by atoms with E-state index in [2.05, 4.69) is 62.0 Å². The summed E-state index contributed by atoms with van der Waals surface area (Å²) in [5.41, 5.74) is 2.59. The first-order chi connectivity index (χ1) is 9.24. The molecule has 0 aliphatic heterocycles. The summed E-state index contributed by atoms with van der Waals surface area (Å²) in [6, 6.07) is 9.52. The minimum Gasteiger partial charge on any atom is -0.330 e. The normalized spacial score (nSPS) is 16.5. The Hall–Kier alpha value is -1.13. The van der Waals surface area contributed by atoms with E-state index in [1.165, 1.54) is 24.1 Å². The molecule has 1 atom stereocenters. The molecule has 1 fully saturated rings. The second-order valence-corrected chi connectivity index (χ2v) is 6.09. The van der Waals surface area contributed by atoms with Gasteiger partial charge in [0.05, 0.1) is 12.0 Å². The van der Waals surface area contributed by atoms with Gasteiger partial charge in [-0.1, -0.05) is 28.1 Å². The summed E-state index contributed by atoms with van der Waals surface area (Å²) in [7, 11) is 0. The first-order valence-electron chi connectivity index (χ1n) is 6.73. The van der Waals surface area contributed by atoms with Crippen molar-refractivity contribution >= 4 is 15.9 Å². The van der Waals surface area contributed by atoms with Gasteiger partial charge in [0.15, 0.2) is 0 Å². The maximum atomic E-state index is 4.26. The smallest absolute Gasteiger partial charge is 0.0951 e. The van der Waals surface area contributed by atoms with E-state index in [-0.39, 0.29) is 0 Å². The summed E-state index contributed by atoms with van der Waals surface area (Å²) < 4.78 is 3.43. The quantitative estimate of drug-likeness (QED) is 0.907. The fourth-order valence-electron chi connectivity index (χ4n) is 2.28. The van der Waals surface area contributed by atoms with Gasteiger partial charge < -0.3 is 9.88 Å². The van der Waals surface area contributed by atoms with Crippen LogP contribution >= 0.6 is 15.9 Å². The van der Waals surface area contributed by atoms with Crippen LogP contribution in [0.2, 0.25) is 0 Å². The number of nitrogens with zero attached hydrogens (tertiary/aromatic N) is 2. The molecule has 0 radical (unpaired) electrons. The third-order valence-electron chi connectivity index (χ3n) is 3.65. The van der Waals surface area contributed by atoms with Crippen LogP contribution in [0.15, 0.2) is 41.3 Å². The molecule has 0 saturated heterocycles. The van der Waals surface area contributed by atoms with Crippen LogP contribution in [0.1, 0.15) is 43.1 Å². The first-order valence-corrected chi connectivity index (χ1v) is 7.53. The van der Waals surface area contributed by atoms with Crippen molar-refractivity contribution in [1.82, 2.24) is 14.9 Å². The zero-order valence-electron chi connectivity index (χ0n) is 11.0. The first kappa shape index (κ1) is 12.9. The molecule has 1 aliphatic carbocycles. The molecule has 2 aromatic rings. The van der Waals surface area contributed by atoms with Crippen molar-refractivity contribution in [3.8, 4) is 0 Å². The van der Waals surface area contributed by atoms with E-state index >= 15 is 0 Å². The molecule has 3 nitrogen and oxygen atoms in total. The molecule has 4 heteroatoms. The highest BCUT2D eigenvalue weighted by Gasteiger charge is 2.25. The largest absolute Gasteiger partial charge is 0.330 e. The van der Waals surface area contributed by atoms with Crippen LogP contribution in [0.3, 0.4) is 0 Å². The molecule has 0 amide bonds. The van der Waals surface area contributed by atoms with Gasteiger partial charge in [-0.05, 0) is 37.5 Å². The van der Waals surface area contributed by atoms with Gasteiger partial charge in [0.25, 0.3) is 0 Å². The molecule has 1 aliphatic rings. The second kappa shape index (κ2) is 5.47. The minimum atomic E-state index is 0.343. The number of halogens is 1. The van der Waals surface area contributed by atoms with Gasteiger partial charge in [-0.3, -0.25) is 0 Å². The van der Waals surface area contributed by atoms with Crippen LogP contribution in [0.4, 0.5) is 0 Å². The molecule has 1 saturated carbocycles. The summed E-state index contributed by atoms with van der Waals surface area (Å²) in [5.74, 6) is 0. The van der Waals surface area contributed by atoms with Crippen molar-refractivity contribution in [1.29, 1.82) is 0 Å². The molecule has 100 valence electrons. The van der Waals surface area contributed by atoms with Gasteiger partial charge in [-0.15, -0.1) is 0 Å². The maximum Gasteiger partial charge on any atom is 0.0951 e. The molecule has 1 aromatic carbocycles. The third kappa shape index (κ3) is 3.07. The highest BCUT2D eigenvalue weighted by atomic mass is 79.9. The number of benzene rings is 1. The van der Waals surface area contributed by atoms with Crippen LogP contribution in [-0.2, 0) is 6.54 Å². The van der Waals surface area contributed by atoms with Gasteiger partial charge in [0.1, 0.15) is 0 Å². The Morgan fingerprint density at radius 3 is 2.79 bits per heavy atom. The summed E-state index contributed by atoms with van der Waals surface area (Å²) in [6.45, 7) is 3.06. The van der Waals surface area contributed by atoms with E-state index in [1.807, 2.05) is 12.5 Å². The van der Waals surface area contributed by atoms with E-state index in [0.29, 0.717) is 12.1 Å². The fraction of sp³-hybridized carbons (Fsp3) is 0.400. The lowest BCUT2D eigenvalue weighted by Crippen LogP contribution is -2.19. The Morgan fingerprint density at radius 1 is 1.37 bits per heavy atom. The average Bonchev–Trinajstić information content (AvgIpc) is 3.16. The third-order valence-corrected chi connectivity index (χ3v) is 4.17. The highest BCUT2D eigenvalue weighted by molar-refractivity contribution is 9.10. The predicted molar refractivity (Wildman–Crippen MR) is 79.9 cm³/mol. The predicted octanol–water partition coefficient (Wildman–Crippen LogP) is 3.83. The van der Waals surface area contributed by atoms with Crippen LogP contribution < -0.4 is 5.32 Å². The molecule has 0 spiro atoms. The van der Waals surface area contributed by atoms with Crippen LogP contribution in [-0.4, -0.2) is 9.55 Å². The van der Waals surface area contributed by atoms with Crippen molar-refractivity contribution in [2.75, 3.05) is 0 Å². The van der Waals surface area contributed by atoms with Crippen molar-refractivity contribution in [2.24, 2.45) is 0 Å². The van der Waals surface area contributed by atoms with E-state index in [0.717, 1.165) is 11.0 Å². The van der Waals surface area contributed by atoms with E-state index in [4.69, 9.17) is 0 Å². The Balaban J connectivity index is 1.62. The summed E-state index contributed by atoms with van der Waals surface area (Å²) in [5, 5.41) is 3.57. The lowest BCUT2D eigenvalue weighted by molar-refractivity contribution is 0.547. The lowest BCUT2D eigenvalue weighted by Gasteiger charge is -2.15. The van der Waals surface area contributed by atoms with Crippen molar-refractivity contribution in [3.63, 3.8) is 0 Å². The summed E-state index contributed by atoms with van der Waals surface area (Å²) in [4.78, 5) is 4.26. The second-order valence-electron chi connectivity index (χ2n) is 5.18. The molecule has 1 N–H and O–H groups in total. The molecular weight excluding hydrogens is 302 g/mol. The Morgan fingerprint density at radius 2 is 2.11 bits per heavy atom. The van der Waals surface area contributed by atoms with E-state index in [1.54, 1.807) is 0 Å². The average molecular weight is 320 g/mol. The van der Waals surface area contributed by atoms with E-state index in [9.17, 15) is 0 Å². The van der Waals surface area contributed by atoms with Crippen molar-refractivity contribution < 1.29 is 0 Å². The van der Waals surface area contributed by atoms with Crippen LogP contribution in [0.5, 0.6) is 0 Å². The number of hydrogen-bond acceptors (Lipinski definition) is 2. The van der Waals surface area contributed by atoms with E-state index < -0.39 is 0 Å². The topological polar surface area (TPSA) is 29.9 Å². The molecule has 0 unspecified atom stereocenters. The van der Waals surface area contributed by atoms with Crippen LogP contribution in [0, 0.1) is 0 Å². The van der Waals surface area contributed by atoms with Gasteiger partial charge in [-0.25, -0.2) is 4.98 Å². The lowest BCUT2D eigenvalue weighted by atomic mass is 10.1. The minimum absolute atomic E-state index is 0.343. The van der Waals surface area contributed by atoms with Gasteiger partial charge >= 0.3 is 0 Å². The standard InChI is InChI=1S/C15H18BrN3/c1-11(12-2-4-13(16)5-3-12)18-9-15-8-17-10-19(15)14-6-7-14/h2-5,8,10-11,14,18H,6-7,9H2,1H3/t11-/m1/s1. The molecular formula is C15H18BrN3. The number of hydrogen-bond donors (Lipinski definition) is 1. The van der Waals surface area contributed by atoms with Crippen molar-refractivity contribution in [2.45, 2.75) is 38.4 Å². The molecule has 19 heavy (non-hydrogen) atoms. The monoisotopic (exact) mass is 319 g/mol. The summed E-state index contributed by atoms with van der Waals surface area (Å²) >= 11 is 3.47. The molecule has 0 bridgehead atoms. The summed E-state index contributed by atoms with van der Waals surface area (Å²) in [6.07, 6.45) is 6.52. The highest BCUT2D eigenvalue weighted by Crippen LogP contribution is 2.35. The zero-order valence-corrected chi connectivity index (χ0v) is 12.6. The van der Waals surface area contributed by atoms with Gasteiger partial charge in [-0.2, -0.15) is 0 Å². The molecule has 1 aromatic heterocycles. The Labute approximate surface area is 122 Å². The SMILES string of the molecule is C[C@@H](NCc1cncn1C1CC1)c1ccc(Br)cc1. The van der Waals surface area contributed by atoms with Crippen molar-refractivity contribution in [3.05, 3.63) is 52.5 Å². The molecule has 3 rings (SSSR count). The fourth-order valence-corrected chi connectivity index (χ4v) is 2.54. The van der Waals surface area contributed by atoms with Crippen LogP contribution in [0.25, 0.3) is 0 Å². The number of nitrogens with one attached hydrogen (secondary N) is 1. The molecule has 1 heterocycles. The Kier molecular flexibility index (Phi) is 3.71. The zero-order chi connectivity index (χ0) is 13.2.